The van der Waals surface area contributed by atoms with Crippen LogP contribution in [-0.2, 0) is 0 Å². The fourth-order valence-electron chi connectivity index (χ4n) is 1.49. The van der Waals surface area contributed by atoms with E-state index in [4.69, 9.17) is 9.47 Å². The second-order valence-corrected chi connectivity index (χ2v) is 4.52. The van der Waals surface area contributed by atoms with Crippen molar-refractivity contribution in [3.05, 3.63) is 58.3 Å². The van der Waals surface area contributed by atoms with Gasteiger partial charge in [0.05, 0.1) is 17.1 Å². The van der Waals surface area contributed by atoms with Gasteiger partial charge in [0.1, 0.15) is 5.82 Å². The van der Waals surface area contributed by atoms with Crippen molar-refractivity contribution in [1.82, 2.24) is 0 Å². The molecule has 2 aromatic carbocycles. The number of hydrogen-bond acceptors (Lipinski definition) is 3. The molecular weight excluding hydrogens is 315 g/mol. The maximum Gasteiger partial charge on any atom is 0.343 e. The van der Waals surface area contributed by atoms with Crippen molar-refractivity contribution in [2.45, 2.75) is 0 Å². The van der Waals surface area contributed by atoms with Gasteiger partial charge in [0, 0.05) is 0 Å². The lowest BCUT2D eigenvalue weighted by molar-refractivity contribution is 0.0729. The van der Waals surface area contributed by atoms with E-state index < -0.39 is 11.8 Å². The summed E-state index contributed by atoms with van der Waals surface area (Å²) in [6.07, 6.45) is 0. The molecule has 19 heavy (non-hydrogen) atoms. The summed E-state index contributed by atoms with van der Waals surface area (Å²) in [5.41, 5.74) is 0.131. The Morgan fingerprint density at radius 1 is 1.16 bits per heavy atom. The van der Waals surface area contributed by atoms with Crippen LogP contribution in [0.4, 0.5) is 4.39 Å². The van der Waals surface area contributed by atoms with Gasteiger partial charge in [0.15, 0.2) is 11.5 Å². The lowest BCUT2D eigenvalue weighted by Gasteiger charge is -2.08. The summed E-state index contributed by atoms with van der Waals surface area (Å²) in [5, 5.41) is 0. The van der Waals surface area contributed by atoms with Crippen LogP contribution in [0, 0.1) is 5.82 Å². The molecule has 3 nitrogen and oxygen atoms in total. The van der Waals surface area contributed by atoms with Crippen LogP contribution in [0.5, 0.6) is 11.5 Å². The fourth-order valence-corrected chi connectivity index (χ4v) is 1.73. The third-order valence-electron chi connectivity index (χ3n) is 2.43. The number of para-hydroxylation sites is 2. The molecule has 0 atom stereocenters. The van der Waals surface area contributed by atoms with Gasteiger partial charge in [-0.25, -0.2) is 9.18 Å². The highest BCUT2D eigenvalue weighted by Gasteiger charge is 2.13. The molecule has 0 radical (unpaired) electrons. The quantitative estimate of drug-likeness (QED) is 0.636. The van der Waals surface area contributed by atoms with E-state index >= 15 is 0 Å². The summed E-state index contributed by atoms with van der Waals surface area (Å²) in [6, 6.07) is 10.8. The maximum absolute atomic E-state index is 13.3. The molecule has 2 aromatic rings. The molecule has 0 N–H and O–H groups in total. The molecule has 0 spiro atoms. The minimum absolute atomic E-state index is 0.131. The van der Waals surface area contributed by atoms with Crippen LogP contribution >= 0.6 is 15.9 Å². The average Bonchev–Trinajstić information content (AvgIpc) is 2.42. The minimum atomic E-state index is -0.643. The molecule has 0 amide bonds. The lowest BCUT2D eigenvalue weighted by atomic mass is 10.2. The van der Waals surface area contributed by atoms with Gasteiger partial charge in [0.2, 0.25) is 0 Å². The summed E-state index contributed by atoms with van der Waals surface area (Å²) in [7, 11) is 1.48. The van der Waals surface area contributed by atoms with Gasteiger partial charge in [0.25, 0.3) is 0 Å². The second kappa shape index (κ2) is 5.84. The number of halogens is 2. The number of ether oxygens (including phenoxy) is 2. The number of benzene rings is 2. The van der Waals surface area contributed by atoms with Crippen molar-refractivity contribution in [1.29, 1.82) is 0 Å². The number of esters is 1. The van der Waals surface area contributed by atoms with E-state index in [9.17, 15) is 9.18 Å². The first-order chi connectivity index (χ1) is 9.11. The highest BCUT2D eigenvalue weighted by atomic mass is 79.9. The molecule has 0 unspecified atom stereocenters. The van der Waals surface area contributed by atoms with Gasteiger partial charge in [-0.2, -0.15) is 0 Å². The van der Waals surface area contributed by atoms with Crippen LogP contribution in [0.15, 0.2) is 46.9 Å². The molecule has 0 fully saturated rings. The standard InChI is InChI=1S/C14H10BrFO3/c1-18-12-4-2-3-5-13(12)19-14(17)9-6-7-10(15)11(16)8-9/h2-8H,1H3. The highest BCUT2D eigenvalue weighted by Crippen LogP contribution is 2.27. The first-order valence-corrected chi connectivity index (χ1v) is 6.21. The average molecular weight is 325 g/mol. The maximum atomic E-state index is 13.3. The summed E-state index contributed by atoms with van der Waals surface area (Å²) in [5.74, 6) is -0.433. The van der Waals surface area contributed by atoms with Crippen LogP contribution in [0.1, 0.15) is 10.4 Å². The van der Waals surface area contributed by atoms with Crippen molar-refractivity contribution >= 4 is 21.9 Å². The second-order valence-electron chi connectivity index (χ2n) is 3.67. The van der Waals surface area contributed by atoms with E-state index in [2.05, 4.69) is 15.9 Å². The van der Waals surface area contributed by atoms with Crippen LogP contribution in [0.2, 0.25) is 0 Å². The van der Waals surface area contributed by atoms with Crippen molar-refractivity contribution in [3.8, 4) is 11.5 Å². The number of carbonyl (C=O) groups excluding carboxylic acids is 1. The molecule has 0 aliphatic rings. The smallest absolute Gasteiger partial charge is 0.343 e. The largest absolute Gasteiger partial charge is 0.493 e. The Balaban J connectivity index is 2.23. The Morgan fingerprint density at radius 2 is 1.84 bits per heavy atom. The van der Waals surface area contributed by atoms with E-state index in [1.165, 1.54) is 19.2 Å². The molecule has 0 aliphatic carbocycles. The van der Waals surface area contributed by atoms with E-state index in [-0.39, 0.29) is 5.56 Å². The molecule has 0 aliphatic heterocycles. The summed E-state index contributed by atoms with van der Waals surface area (Å²) in [6.45, 7) is 0. The molecule has 98 valence electrons. The van der Waals surface area contributed by atoms with E-state index in [1.807, 2.05) is 0 Å². The summed E-state index contributed by atoms with van der Waals surface area (Å²) in [4.78, 5) is 11.9. The normalized spacial score (nSPS) is 10.1. The molecular formula is C14H10BrFO3. The molecule has 5 heteroatoms. The third kappa shape index (κ3) is 3.12. The topological polar surface area (TPSA) is 35.5 Å². The van der Waals surface area contributed by atoms with Gasteiger partial charge in [-0.1, -0.05) is 12.1 Å². The number of hydrogen-bond donors (Lipinski definition) is 0. The predicted octanol–water partition coefficient (Wildman–Crippen LogP) is 3.82. The van der Waals surface area contributed by atoms with Crippen LogP contribution in [0.25, 0.3) is 0 Å². The Kier molecular flexibility index (Phi) is 4.16. The number of carbonyl (C=O) groups is 1. The van der Waals surface area contributed by atoms with Crippen molar-refractivity contribution in [3.63, 3.8) is 0 Å². The van der Waals surface area contributed by atoms with E-state index in [0.717, 1.165) is 6.07 Å². The Bertz CT molecular complexity index is 613. The van der Waals surface area contributed by atoms with Gasteiger partial charge < -0.3 is 9.47 Å². The predicted molar refractivity (Wildman–Crippen MR) is 72.1 cm³/mol. The van der Waals surface area contributed by atoms with Gasteiger partial charge in [-0.05, 0) is 46.3 Å². The third-order valence-corrected chi connectivity index (χ3v) is 3.07. The number of rotatable bonds is 3. The van der Waals surface area contributed by atoms with Crippen molar-refractivity contribution < 1.29 is 18.7 Å². The highest BCUT2D eigenvalue weighted by molar-refractivity contribution is 9.10. The van der Waals surface area contributed by atoms with Crippen molar-refractivity contribution in [2.75, 3.05) is 7.11 Å². The molecule has 0 heterocycles. The monoisotopic (exact) mass is 324 g/mol. The van der Waals surface area contributed by atoms with Crippen LogP contribution in [-0.4, -0.2) is 13.1 Å². The van der Waals surface area contributed by atoms with E-state index in [1.54, 1.807) is 24.3 Å². The zero-order valence-electron chi connectivity index (χ0n) is 10.0. The first-order valence-electron chi connectivity index (χ1n) is 5.42. The molecule has 0 bridgehead atoms. The Labute approximate surface area is 118 Å². The minimum Gasteiger partial charge on any atom is -0.493 e. The summed E-state index contributed by atoms with van der Waals surface area (Å²) < 4.78 is 23.9. The first kappa shape index (κ1) is 13.5. The molecule has 0 aromatic heterocycles. The lowest BCUT2D eigenvalue weighted by Crippen LogP contribution is -2.09. The van der Waals surface area contributed by atoms with Crippen LogP contribution < -0.4 is 9.47 Å². The van der Waals surface area contributed by atoms with Crippen LogP contribution in [0.3, 0.4) is 0 Å². The fraction of sp³-hybridized carbons (Fsp3) is 0.0714. The van der Waals surface area contributed by atoms with Gasteiger partial charge in [-0.15, -0.1) is 0 Å². The molecule has 2 rings (SSSR count). The Hall–Kier alpha value is -1.88. The zero-order chi connectivity index (χ0) is 13.8. The van der Waals surface area contributed by atoms with Gasteiger partial charge >= 0.3 is 5.97 Å². The number of methoxy groups -OCH3 is 1. The molecule has 0 saturated heterocycles. The Morgan fingerprint density at radius 3 is 2.47 bits per heavy atom. The van der Waals surface area contributed by atoms with Crippen molar-refractivity contribution in [2.24, 2.45) is 0 Å². The summed E-state index contributed by atoms with van der Waals surface area (Å²) >= 11 is 3.02. The SMILES string of the molecule is COc1ccccc1OC(=O)c1ccc(Br)c(F)c1. The zero-order valence-corrected chi connectivity index (χ0v) is 11.6. The van der Waals surface area contributed by atoms with Gasteiger partial charge in [-0.3, -0.25) is 0 Å². The molecule has 0 saturated carbocycles. The van der Waals surface area contributed by atoms with E-state index in [0.29, 0.717) is 16.0 Å².